The third kappa shape index (κ3) is 6.69. The lowest BCUT2D eigenvalue weighted by molar-refractivity contribution is -0.141. The molecule has 2 fully saturated rings. The molecular formula is C30H30ClF3N10O4. The Morgan fingerprint density at radius 2 is 1.81 bits per heavy atom. The average Bonchev–Trinajstić information content (AvgIpc) is 3.69. The molecule has 1 atom stereocenters. The van der Waals surface area contributed by atoms with E-state index < -0.39 is 23.8 Å². The number of hydrogen-bond donors (Lipinski definition) is 3. The quantitative estimate of drug-likeness (QED) is 0.276. The molecular weight excluding hydrogens is 657 g/mol. The monoisotopic (exact) mass is 686 g/mol. The van der Waals surface area contributed by atoms with E-state index in [9.17, 15) is 27.6 Å². The minimum atomic E-state index is -4.82. The largest absolute Gasteiger partial charge is 0.435 e. The number of aromatic nitrogens is 5. The Balaban J connectivity index is 1.13. The molecule has 5 heterocycles. The van der Waals surface area contributed by atoms with E-state index in [-0.39, 0.29) is 51.0 Å². The normalized spacial score (nSPS) is 17.0. The minimum absolute atomic E-state index is 0.0155. The molecule has 14 nitrogen and oxygen atoms in total. The van der Waals surface area contributed by atoms with Gasteiger partial charge in [0.15, 0.2) is 17.3 Å². The molecule has 3 amide bonds. The molecule has 0 bridgehead atoms. The second-order valence-corrected chi connectivity index (χ2v) is 11.6. The van der Waals surface area contributed by atoms with Crippen molar-refractivity contribution < 1.29 is 32.3 Å². The number of pyridine rings is 1. The van der Waals surface area contributed by atoms with Crippen molar-refractivity contribution >= 4 is 40.7 Å². The van der Waals surface area contributed by atoms with Gasteiger partial charge in [0.1, 0.15) is 6.04 Å². The summed E-state index contributed by atoms with van der Waals surface area (Å²) in [6.07, 6.45) is -1.23. The highest BCUT2D eigenvalue weighted by atomic mass is 35.5. The molecule has 48 heavy (non-hydrogen) atoms. The summed E-state index contributed by atoms with van der Waals surface area (Å²) < 4.78 is 49.5. The maximum absolute atomic E-state index is 14.0. The van der Waals surface area contributed by atoms with Crippen molar-refractivity contribution in [2.24, 2.45) is 7.05 Å². The summed E-state index contributed by atoms with van der Waals surface area (Å²) in [5.41, 5.74) is 4.90. The highest BCUT2D eigenvalue weighted by Crippen LogP contribution is 2.37. The van der Waals surface area contributed by atoms with E-state index >= 15 is 0 Å². The number of ether oxygens (including phenoxy) is 1. The van der Waals surface area contributed by atoms with Crippen molar-refractivity contribution in [3.63, 3.8) is 0 Å². The van der Waals surface area contributed by atoms with Gasteiger partial charge in [-0.25, -0.2) is 14.6 Å². The SMILES string of the molecule is Cn1c(-c2cn(-c3ccc(N)cn3)nc2C(F)(F)F)cnc1C(=O)Nc1ccc(C(=O)N2CCN(C(=O)C3COCCN3)CC2)c(Cl)c1. The summed E-state index contributed by atoms with van der Waals surface area (Å²) in [5.74, 6) is -1.19. The van der Waals surface area contributed by atoms with E-state index in [2.05, 4.69) is 25.7 Å². The van der Waals surface area contributed by atoms with Gasteiger partial charge in [0.25, 0.3) is 11.8 Å². The Hall–Kier alpha value is -5.00. The van der Waals surface area contributed by atoms with Gasteiger partial charge in [-0.3, -0.25) is 14.4 Å². The molecule has 6 rings (SSSR count). The van der Waals surface area contributed by atoms with Crippen molar-refractivity contribution in [2.45, 2.75) is 12.2 Å². The number of imidazole rings is 1. The highest BCUT2D eigenvalue weighted by Gasteiger charge is 2.39. The number of hydrogen-bond acceptors (Lipinski definition) is 9. The first-order valence-electron chi connectivity index (χ1n) is 14.8. The Morgan fingerprint density at radius 1 is 1.06 bits per heavy atom. The van der Waals surface area contributed by atoms with E-state index in [0.29, 0.717) is 51.6 Å². The van der Waals surface area contributed by atoms with Crippen LogP contribution < -0.4 is 16.4 Å². The molecule has 3 aromatic heterocycles. The number of anilines is 2. The smallest absolute Gasteiger partial charge is 0.397 e. The Labute approximate surface area is 276 Å². The number of halogens is 4. The molecule has 2 aliphatic rings. The zero-order valence-electron chi connectivity index (χ0n) is 25.5. The summed E-state index contributed by atoms with van der Waals surface area (Å²) in [4.78, 5) is 50.6. The van der Waals surface area contributed by atoms with E-state index in [1.807, 2.05) is 0 Å². The summed E-state index contributed by atoms with van der Waals surface area (Å²) in [5, 5.41) is 9.54. The van der Waals surface area contributed by atoms with Gasteiger partial charge in [-0.1, -0.05) is 11.6 Å². The third-order valence-electron chi connectivity index (χ3n) is 8.01. The van der Waals surface area contributed by atoms with Gasteiger partial charge in [-0.2, -0.15) is 18.3 Å². The summed E-state index contributed by atoms with van der Waals surface area (Å²) in [7, 11) is 1.40. The molecule has 252 valence electrons. The fourth-order valence-corrected chi connectivity index (χ4v) is 5.75. The zero-order chi connectivity index (χ0) is 34.2. The second kappa shape index (κ2) is 13.2. The van der Waals surface area contributed by atoms with E-state index in [1.165, 1.54) is 48.1 Å². The Kier molecular flexibility index (Phi) is 9.09. The summed E-state index contributed by atoms with van der Waals surface area (Å²) in [6.45, 7) is 2.84. The summed E-state index contributed by atoms with van der Waals surface area (Å²) in [6, 6.07) is 6.87. The molecule has 0 radical (unpaired) electrons. The number of amides is 3. The number of nitrogen functional groups attached to an aromatic ring is 1. The molecule has 2 saturated heterocycles. The number of benzene rings is 1. The van der Waals surface area contributed by atoms with Crippen LogP contribution >= 0.6 is 11.6 Å². The van der Waals surface area contributed by atoms with Crippen LogP contribution in [0.15, 0.2) is 48.9 Å². The Morgan fingerprint density at radius 3 is 2.46 bits per heavy atom. The molecule has 2 aliphatic heterocycles. The predicted octanol–water partition coefficient (Wildman–Crippen LogP) is 2.45. The van der Waals surface area contributed by atoms with Crippen LogP contribution in [-0.2, 0) is 22.8 Å². The lowest BCUT2D eigenvalue weighted by Gasteiger charge is -2.37. The molecule has 1 unspecified atom stereocenters. The number of alkyl halides is 3. The van der Waals surface area contributed by atoms with Crippen LogP contribution in [0.5, 0.6) is 0 Å². The van der Waals surface area contributed by atoms with Gasteiger partial charge < -0.3 is 35.5 Å². The standard InChI is InChI=1S/C30H30ClF3N10O4/c1-41-23(20-15-44(40-25(20)30(32,33)34)24-5-2-17(35)13-37-24)14-38-26(41)27(45)39-18-3-4-19(21(31)12-18)28(46)42-7-9-43(10-8-42)29(47)22-16-48-11-6-36-22/h2-5,12-15,22,36H,6-11,16,35H2,1H3,(H,39,45). The van der Waals surface area contributed by atoms with E-state index in [0.717, 1.165) is 17.1 Å². The van der Waals surface area contributed by atoms with Crippen LogP contribution in [0, 0.1) is 0 Å². The van der Waals surface area contributed by atoms with Crippen molar-refractivity contribution in [2.75, 3.05) is 57.0 Å². The molecule has 0 aliphatic carbocycles. The van der Waals surface area contributed by atoms with Crippen LogP contribution in [0.2, 0.25) is 5.02 Å². The lowest BCUT2D eigenvalue weighted by Crippen LogP contribution is -2.57. The Bertz CT molecular complexity index is 1850. The van der Waals surface area contributed by atoms with E-state index in [1.54, 1.807) is 9.80 Å². The van der Waals surface area contributed by atoms with Gasteiger partial charge in [-0.15, -0.1) is 0 Å². The van der Waals surface area contributed by atoms with Gasteiger partial charge in [-0.05, 0) is 30.3 Å². The van der Waals surface area contributed by atoms with Crippen LogP contribution in [0.4, 0.5) is 24.5 Å². The minimum Gasteiger partial charge on any atom is -0.397 e. The number of carbonyl (C=O) groups excluding carboxylic acids is 3. The number of morpholine rings is 1. The first-order chi connectivity index (χ1) is 22.9. The average molecular weight is 687 g/mol. The van der Waals surface area contributed by atoms with Crippen LogP contribution in [-0.4, -0.2) is 104 Å². The van der Waals surface area contributed by atoms with Crippen molar-refractivity contribution in [3.05, 3.63) is 71.0 Å². The number of piperazine rings is 1. The number of nitrogens with zero attached hydrogens (tertiary/aromatic N) is 7. The van der Waals surface area contributed by atoms with Crippen molar-refractivity contribution in [1.82, 2.24) is 39.4 Å². The maximum atomic E-state index is 14.0. The molecule has 0 saturated carbocycles. The number of nitrogens with one attached hydrogen (secondary N) is 2. The molecule has 18 heteroatoms. The fourth-order valence-electron chi connectivity index (χ4n) is 5.49. The summed E-state index contributed by atoms with van der Waals surface area (Å²) >= 11 is 6.46. The van der Waals surface area contributed by atoms with Crippen LogP contribution in [0.25, 0.3) is 17.1 Å². The molecule has 0 spiro atoms. The lowest BCUT2D eigenvalue weighted by atomic mass is 10.1. The maximum Gasteiger partial charge on any atom is 0.435 e. The van der Waals surface area contributed by atoms with Gasteiger partial charge >= 0.3 is 6.18 Å². The third-order valence-corrected chi connectivity index (χ3v) is 8.32. The van der Waals surface area contributed by atoms with Crippen molar-refractivity contribution in [3.8, 4) is 17.1 Å². The fraction of sp³-hybridized carbons (Fsp3) is 0.333. The number of nitrogens with two attached hydrogens (primary N) is 1. The molecule has 1 aromatic carbocycles. The zero-order valence-corrected chi connectivity index (χ0v) is 26.3. The molecule has 4 aromatic rings. The number of carbonyl (C=O) groups is 3. The van der Waals surface area contributed by atoms with Gasteiger partial charge in [0, 0.05) is 51.7 Å². The highest BCUT2D eigenvalue weighted by molar-refractivity contribution is 6.34. The number of rotatable bonds is 6. The van der Waals surface area contributed by atoms with Gasteiger partial charge in [0.05, 0.1) is 53.1 Å². The van der Waals surface area contributed by atoms with E-state index in [4.69, 9.17) is 22.1 Å². The van der Waals surface area contributed by atoms with Crippen LogP contribution in [0.3, 0.4) is 0 Å². The first kappa shape index (κ1) is 32.9. The predicted molar refractivity (Wildman–Crippen MR) is 167 cm³/mol. The molecule has 4 N–H and O–H groups in total. The topological polar surface area (TPSA) is 166 Å². The second-order valence-electron chi connectivity index (χ2n) is 11.2. The van der Waals surface area contributed by atoms with Crippen LogP contribution in [0.1, 0.15) is 26.7 Å². The van der Waals surface area contributed by atoms with Gasteiger partial charge in [0.2, 0.25) is 5.91 Å². The van der Waals surface area contributed by atoms with Crippen molar-refractivity contribution in [1.29, 1.82) is 0 Å². The first-order valence-corrected chi connectivity index (χ1v) is 15.2.